The maximum Gasteiger partial charge on any atom is 0.279 e. The van der Waals surface area contributed by atoms with Gasteiger partial charge in [-0.3, -0.25) is 9.78 Å². The average molecular weight is 627 g/mol. The van der Waals surface area contributed by atoms with E-state index in [1.807, 2.05) is 12.1 Å². The lowest BCUT2D eigenvalue weighted by Crippen LogP contribution is -2.26. The van der Waals surface area contributed by atoms with Gasteiger partial charge in [0.1, 0.15) is 17.5 Å². The summed E-state index contributed by atoms with van der Waals surface area (Å²) in [6.45, 7) is 10.6. The van der Waals surface area contributed by atoms with Gasteiger partial charge in [-0.05, 0) is 102 Å². The lowest BCUT2D eigenvalue weighted by molar-refractivity contribution is 0.100. The van der Waals surface area contributed by atoms with Gasteiger partial charge >= 0.3 is 0 Å². The second-order valence-electron chi connectivity index (χ2n) is 12.1. The molecule has 4 rings (SSSR count). The number of rotatable bonds is 13. The predicted molar refractivity (Wildman–Crippen MR) is 185 cm³/mol. The number of carbonyl (C=O) groups is 1. The van der Waals surface area contributed by atoms with Crippen LogP contribution in [0.1, 0.15) is 79.6 Å². The molecule has 0 aliphatic heterocycles. The smallest absolute Gasteiger partial charge is 0.279 e. The van der Waals surface area contributed by atoms with Crippen molar-refractivity contribution < 1.29 is 13.6 Å². The second kappa shape index (κ2) is 15.5. The topological polar surface area (TPSA) is 124 Å². The molecule has 0 fully saturated rings. The van der Waals surface area contributed by atoms with Gasteiger partial charge in [0.05, 0.1) is 5.69 Å². The standard InChI is InChI=1S/C37H44F2N6O/c1-5-7-25-17-31(45(11-6-2)12-10-23(3)4)8-9-32(25)37(46)44-36(42)34-18-26(13-24-14-28(38)19-29(39)15-24)33(20-35(34)41)27-16-30(40)22-43-21-27/h8-9,14-23H,5-7,10-13,40-41H2,1-4H3,(H2,42,44,46). The van der Waals surface area contributed by atoms with Crippen LogP contribution >= 0.6 is 0 Å². The van der Waals surface area contributed by atoms with Crippen molar-refractivity contribution in [2.75, 3.05) is 29.5 Å². The Morgan fingerprint density at radius 2 is 1.63 bits per heavy atom. The molecule has 0 saturated heterocycles. The number of benzene rings is 3. The number of aliphatic imine (C=N–C) groups is 1. The van der Waals surface area contributed by atoms with Crippen LogP contribution in [0.15, 0.2) is 72.0 Å². The first kappa shape index (κ1) is 34.1. The zero-order chi connectivity index (χ0) is 33.4. The zero-order valence-electron chi connectivity index (χ0n) is 27.1. The summed E-state index contributed by atoms with van der Waals surface area (Å²) in [4.78, 5) is 24.5. The Labute approximate surface area is 270 Å². The third-order valence-corrected chi connectivity index (χ3v) is 7.83. The number of hydrogen-bond donors (Lipinski definition) is 3. The molecule has 0 aliphatic rings. The van der Waals surface area contributed by atoms with Crippen molar-refractivity contribution in [3.8, 4) is 11.1 Å². The molecule has 0 aliphatic carbocycles. The number of halogens is 2. The molecule has 46 heavy (non-hydrogen) atoms. The number of aromatic nitrogens is 1. The number of nitrogen functional groups attached to an aromatic ring is 2. The molecule has 0 unspecified atom stereocenters. The Morgan fingerprint density at radius 3 is 2.28 bits per heavy atom. The Morgan fingerprint density at radius 1 is 0.891 bits per heavy atom. The van der Waals surface area contributed by atoms with Crippen LogP contribution in [0.4, 0.5) is 25.8 Å². The van der Waals surface area contributed by atoms with E-state index in [9.17, 15) is 13.6 Å². The predicted octanol–water partition coefficient (Wildman–Crippen LogP) is 7.54. The van der Waals surface area contributed by atoms with Crippen LogP contribution in [0.3, 0.4) is 0 Å². The van der Waals surface area contributed by atoms with E-state index < -0.39 is 17.5 Å². The van der Waals surface area contributed by atoms with Crippen molar-refractivity contribution in [3.05, 3.63) is 106 Å². The molecule has 7 nitrogen and oxygen atoms in total. The van der Waals surface area contributed by atoms with Crippen molar-refractivity contribution in [1.29, 1.82) is 0 Å². The number of aryl methyl sites for hydroxylation is 1. The van der Waals surface area contributed by atoms with E-state index >= 15 is 0 Å². The van der Waals surface area contributed by atoms with Gasteiger partial charge in [-0.2, -0.15) is 4.99 Å². The van der Waals surface area contributed by atoms with Crippen LogP contribution in [-0.4, -0.2) is 29.8 Å². The molecule has 1 heterocycles. The molecule has 9 heteroatoms. The maximum absolute atomic E-state index is 14.1. The largest absolute Gasteiger partial charge is 0.398 e. The molecule has 1 aromatic heterocycles. The van der Waals surface area contributed by atoms with Crippen LogP contribution in [0, 0.1) is 17.6 Å². The van der Waals surface area contributed by atoms with E-state index in [1.54, 1.807) is 24.4 Å². The van der Waals surface area contributed by atoms with E-state index in [4.69, 9.17) is 17.2 Å². The summed E-state index contributed by atoms with van der Waals surface area (Å²) in [6.07, 6.45) is 6.98. The maximum atomic E-state index is 14.1. The van der Waals surface area contributed by atoms with Crippen LogP contribution in [-0.2, 0) is 12.8 Å². The summed E-state index contributed by atoms with van der Waals surface area (Å²) in [5.74, 6) is -1.30. The zero-order valence-corrected chi connectivity index (χ0v) is 27.1. The molecule has 0 radical (unpaired) electrons. The fraction of sp³-hybridized carbons (Fsp3) is 0.324. The monoisotopic (exact) mass is 626 g/mol. The summed E-state index contributed by atoms with van der Waals surface area (Å²) < 4.78 is 28.2. The molecular formula is C37H44F2N6O. The van der Waals surface area contributed by atoms with Gasteiger partial charge in [0, 0.05) is 59.6 Å². The summed E-state index contributed by atoms with van der Waals surface area (Å²) in [6, 6.07) is 14.4. The highest BCUT2D eigenvalue weighted by atomic mass is 19.1. The van der Waals surface area contributed by atoms with Gasteiger partial charge < -0.3 is 22.1 Å². The number of hydrogen-bond acceptors (Lipinski definition) is 5. The Hall–Kier alpha value is -4.79. The highest BCUT2D eigenvalue weighted by Gasteiger charge is 2.18. The van der Waals surface area contributed by atoms with Gasteiger partial charge in [0.2, 0.25) is 0 Å². The van der Waals surface area contributed by atoms with Crippen LogP contribution < -0.4 is 22.1 Å². The fourth-order valence-corrected chi connectivity index (χ4v) is 5.58. The van der Waals surface area contributed by atoms with Gasteiger partial charge in [0.25, 0.3) is 5.91 Å². The highest BCUT2D eigenvalue weighted by Crippen LogP contribution is 2.32. The normalized spacial score (nSPS) is 11.7. The first-order valence-corrected chi connectivity index (χ1v) is 15.8. The van der Waals surface area contributed by atoms with Crippen molar-refractivity contribution >= 4 is 28.8 Å². The molecule has 4 aromatic rings. The third-order valence-electron chi connectivity index (χ3n) is 7.83. The van der Waals surface area contributed by atoms with Crippen molar-refractivity contribution in [2.24, 2.45) is 16.6 Å². The van der Waals surface area contributed by atoms with E-state index in [1.165, 1.54) is 18.3 Å². The number of amidine groups is 1. The Balaban J connectivity index is 1.73. The quantitative estimate of drug-likeness (QED) is 0.0800. The molecule has 3 aromatic carbocycles. The van der Waals surface area contributed by atoms with E-state index in [0.29, 0.717) is 51.4 Å². The lowest BCUT2D eigenvalue weighted by atomic mass is 9.92. The average Bonchev–Trinajstić information content (AvgIpc) is 2.99. The number of amides is 1. The summed E-state index contributed by atoms with van der Waals surface area (Å²) in [7, 11) is 0. The van der Waals surface area contributed by atoms with Gasteiger partial charge in [0.15, 0.2) is 0 Å². The Bertz CT molecular complexity index is 1700. The highest BCUT2D eigenvalue weighted by molar-refractivity contribution is 6.11. The minimum Gasteiger partial charge on any atom is -0.398 e. The minimum atomic E-state index is -0.684. The lowest BCUT2D eigenvalue weighted by Gasteiger charge is -2.26. The SMILES string of the molecule is CCCc1cc(N(CCC)CCC(C)C)ccc1C(=O)N=C(N)c1cc(Cc2cc(F)cc(F)c2)c(-c2cncc(N)c2)cc1N. The molecular weight excluding hydrogens is 582 g/mol. The fourth-order valence-electron chi connectivity index (χ4n) is 5.58. The molecule has 1 amide bonds. The second-order valence-corrected chi connectivity index (χ2v) is 12.1. The summed E-state index contributed by atoms with van der Waals surface area (Å²) >= 11 is 0. The van der Waals surface area contributed by atoms with Crippen molar-refractivity contribution in [1.82, 2.24) is 4.98 Å². The van der Waals surface area contributed by atoms with Crippen molar-refractivity contribution in [2.45, 2.75) is 59.8 Å². The van der Waals surface area contributed by atoms with Crippen LogP contribution in [0.5, 0.6) is 0 Å². The number of pyridine rings is 1. The number of nitrogens with zero attached hydrogens (tertiary/aromatic N) is 3. The van der Waals surface area contributed by atoms with Crippen LogP contribution in [0.25, 0.3) is 11.1 Å². The first-order chi connectivity index (χ1) is 22.0. The van der Waals surface area contributed by atoms with Crippen molar-refractivity contribution in [3.63, 3.8) is 0 Å². The summed E-state index contributed by atoms with van der Waals surface area (Å²) in [5, 5.41) is 0. The van der Waals surface area contributed by atoms with E-state index in [0.717, 1.165) is 49.7 Å². The molecule has 6 N–H and O–H groups in total. The van der Waals surface area contributed by atoms with Gasteiger partial charge in [-0.1, -0.05) is 34.1 Å². The molecule has 0 bridgehead atoms. The van der Waals surface area contributed by atoms with Gasteiger partial charge in [-0.25, -0.2) is 8.78 Å². The molecule has 0 saturated carbocycles. The number of nitrogens with two attached hydrogens (primary N) is 3. The number of anilines is 3. The van der Waals surface area contributed by atoms with Crippen LogP contribution in [0.2, 0.25) is 0 Å². The Kier molecular flexibility index (Phi) is 11.5. The van der Waals surface area contributed by atoms with E-state index in [-0.39, 0.29) is 17.9 Å². The molecule has 0 spiro atoms. The first-order valence-electron chi connectivity index (χ1n) is 15.8. The third kappa shape index (κ3) is 8.68. The molecule has 242 valence electrons. The van der Waals surface area contributed by atoms with E-state index in [2.05, 4.69) is 48.6 Å². The van der Waals surface area contributed by atoms with Gasteiger partial charge in [-0.15, -0.1) is 0 Å². The summed E-state index contributed by atoms with van der Waals surface area (Å²) in [5.41, 5.74) is 24.9. The minimum absolute atomic E-state index is 0.0532. The molecule has 0 atom stereocenters. The number of carbonyl (C=O) groups excluding carboxylic acids is 1.